The minimum atomic E-state index is -4.70. The van der Waals surface area contributed by atoms with Crippen molar-refractivity contribution in [3.8, 4) is 0 Å². The van der Waals surface area contributed by atoms with E-state index in [1.807, 2.05) is 0 Å². The lowest BCUT2D eigenvalue weighted by molar-refractivity contribution is -0.152. The van der Waals surface area contributed by atoms with Gasteiger partial charge in [-0.1, -0.05) is 50.3 Å². The second-order valence-corrected chi connectivity index (χ2v) is 6.86. The molecule has 7 heteroatoms. The van der Waals surface area contributed by atoms with Crippen LogP contribution in [-0.4, -0.2) is 24.9 Å². The second-order valence-electron chi connectivity index (χ2n) is 5.44. The zero-order chi connectivity index (χ0) is 17.2. The number of hydrogen-bond acceptors (Lipinski definition) is 5. The molecule has 122 valence electrons. The third kappa shape index (κ3) is 3.94. The lowest BCUT2D eigenvalue weighted by atomic mass is 9.96. The van der Waals surface area contributed by atoms with E-state index in [1.54, 1.807) is 44.2 Å². The Bertz CT molecular complexity index is 787. The Morgan fingerprint density at radius 2 is 1.83 bits per heavy atom. The van der Waals surface area contributed by atoms with Crippen molar-refractivity contribution in [2.75, 3.05) is 0 Å². The Morgan fingerprint density at radius 3 is 2.35 bits per heavy atom. The Morgan fingerprint density at radius 1 is 1.22 bits per heavy atom. The second kappa shape index (κ2) is 6.47. The molecule has 23 heavy (non-hydrogen) atoms. The first-order valence-corrected chi connectivity index (χ1v) is 8.36. The quantitative estimate of drug-likeness (QED) is 0.392. The van der Waals surface area contributed by atoms with Crippen LogP contribution in [0.2, 0.25) is 0 Å². The van der Waals surface area contributed by atoms with Crippen LogP contribution in [0.5, 0.6) is 0 Å². The summed E-state index contributed by atoms with van der Waals surface area (Å²) >= 11 is 0. The van der Waals surface area contributed by atoms with E-state index < -0.39 is 32.9 Å². The molecule has 0 saturated carbocycles. The zero-order valence-corrected chi connectivity index (χ0v) is 13.4. The monoisotopic (exact) mass is 336 g/mol. The largest absolute Gasteiger partial charge is 0.389 e. The van der Waals surface area contributed by atoms with Gasteiger partial charge in [0, 0.05) is 0 Å². The first-order chi connectivity index (χ1) is 10.7. The Labute approximate surface area is 134 Å². The van der Waals surface area contributed by atoms with Crippen LogP contribution in [0.25, 0.3) is 6.08 Å². The van der Waals surface area contributed by atoms with Gasteiger partial charge in [0.1, 0.15) is 5.92 Å². The van der Waals surface area contributed by atoms with Gasteiger partial charge in [0.05, 0.1) is 10.5 Å². The highest BCUT2D eigenvalue weighted by atomic mass is 32.2. The fourth-order valence-electron chi connectivity index (χ4n) is 2.27. The molecule has 1 unspecified atom stereocenters. The maximum Gasteiger partial charge on any atom is 0.342 e. The van der Waals surface area contributed by atoms with E-state index in [4.69, 9.17) is 0 Å². The summed E-state index contributed by atoms with van der Waals surface area (Å²) in [7, 11) is -4.70. The van der Waals surface area contributed by atoms with Crippen LogP contribution in [0.4, 0.5) is 0 Å². The Hall–Kier alpha value is -2.25. The van der Waals surface area contributed by atoms with Crippen molar-refractivity contribution in [2.24, 2.45) is 11.8 Å². The third-order valence-corrected chi connectivity index (χ3v) is 4.13. The summed E-state index contributed by atoms with van der Waals surface area (Å²) in [5, 5.41) is 0. The van der Waals surface area contributed by atoms with E-state index in [0.29, 0.717) is 5.56 Å². The van der Waals surface area contributed by atoms with Gasteiger partial charge in [-0.05, 0) is 17.6 Å². The number of esters is 2. The number of cyclic esters (lactones) is 2. The minimum absolute atomic E-state index is 0.0789. The molecular weight excluding hydrogens is 320 g/mol. The van der Waals surface area contributed by atoms with E-state index >= 15 is 0 Å². The van der Waals surface area contributed by atoms with Gasteiger partial charge in [-0.3, -0.25) is 9.35 Å². The van der Waals surface area contributed by atoms with Gasteiger partial charge in [-0.2, -0.15) is 8.42 Å². The highest BCUT2D eigenvalue weighted by Crippen LogP contribution is 2.34. The number of carbonyl (C=O) groups excluding carboxylic acids is 2. The zero-order valence-electron chi connectivity index (χ0n) is 12.6. The van der Waals surface area contributed by atoms with Gasteiger partial charge in [0.15, 0.2) is 0 Å². The van der Waals surface area contributed by atoms with Gasteiger partial charge < -0.3 is 4.74 Å². The van der Waals surface area contributed by atoms with E-state index in [2.05, 4.69) is 4.74 Å². The molecule has 1 aromatic carbocycles. The van der Waals surface area contributed by atoms with Crippen LogP contribution in [0.15, 0.2) is 46.9 Å². The number of allylic oxidation sites excluding steroid dienone is 1. The summed E-state index contributed by atoms with van der Waals surface area (Å²) in [6, 6.07) is 8.31. The molecular formula is C16H16O6S. The van der Waals surface area contributed by atoms with Crippen LogP contribution in [0.3, 0.4) is 0 Å². The van der Waals surface area contributed by atoms with Crippen molar-refractivity contribution in [1.29, 1.82) is 0 Å². The number of hydrogen-bond donors (Lipinski definition) is 1. The van der Waals surface area contributed by atoms with Crippen LogP contribution < -0.4 is 0 Å². The van der Waals surface area contributed by atoms with Gasteiger partial charge in [0.2, 0.25) is 0 Å². The molecule has 1 fully saturated rings. The molecule has 0 radical (unpaired) electrons. The molecule has 0 spiro atoms. The molecule has 0 amide bonds. The summed E-state index contributed by atoms with van der Waals surface area (Å²) in [4.78, 5) is 23.2. The highest BCUT2D eigenvalue weighted by Gasteiger charge is 2.45. The molecule has 1 aliphatic rings. The predicted molar refractivity (Wildman–Crippen MR) is 83.5 cm³/mol. The molecule has 0 aromatic heterocycles. The molecule has 1 aromatic rings. The lowest BCUT2D eigenvalue weighted by Gasteiger charge is -2.10. The fourth-order valence-corrected chi connectivity index (χ4v) is 3.07. The summed E-state index contributed by atoms with van der Waals surface area (Å²) < 4.78 is 37.5. The van der Waals surface area contributed by atoms with Crippen molar-refractivity contribution >= 4 is 28.1 Å². The van der Waals surface area contributed by atoms with Gasteiger partial charge >= 0.3 is 11.9 Å². The maximum atomic E-state index is 12.0. The lowest BCUT2D eigenvalue weighted by Crippen LogP contribution is -2.19. The average molecular weight is 336 g/mol. The molecule has 2 rings (SSSR count). The summed E-state index contributed by atoms with van der Waals surface area (Å²) in [6.45, 7) is 3.54. The van der Waals surface area contributed by atoms with Crippen molar-refractivity contribution in [3.05, 3.63) is 52.4 Å². The van der Waals surface area contributed by atoms with Crippen molar-refractivity contribution in [3.63, 3.8) is 0 Å². The summed E-state index contributed by atoms with van der Waals surface area (Å²) in [5.74, 6) is -3.47. The van der Waals surface area contributed by atoms with Crippen molar-refractivity contribution < 1.29 is 27.3 Å². The van der Waals surface area contributed by atoms with E-state index in [-0.39, 0.29) is 11.5 Å². The van der Waals surface area contributed by atoms with Gasteiger partial charge in [-0.15, -0.1) is 0 Å². The molecule has 0 bridgehead atoms. The smallest absolute Gasteiger partial charge is 0.342 e. The normalized spacial score (nSPS) is 21.1. The fraction of sp³-hybridized carbons (Fsp3) is 0.250. The molecule has 6 nitrogen and oxygen atoms in total. The maximum absolute atomic E-state index is 12.0. The van der Waals surface area contributed by atoms with Crippen molar-refractivity contribution in [2.45, 2.75) is 13.8 Å². The van der Waals surface area contributed by atoms with Gasteiger partial charge in [0.25, 0.3) is 10.1 Å². The van der Waals surface area contributed by atoms with Crippen LogP contribution in [0.1, 0.15) is 19.4 Å². The topological polar surface area (TPSA) is 97.7 Å². The van der Waals surface area contributed by atoms with Crippen LogP contribution >= 0.6 is 0 Å². The highest BCUT2D eigenvalue weighted by molar-refractivity contribution is 7.90. The number of rotatable bonds is 4. The first-order valence-electron chi connectivity index (χ1n) is 6.92. The van der Waals surface area contributed by atoms with Crippen LogP contribution in [0, 0.1) is 11.8 Å². The van der Waals surface area contributed by atoms with E-state index in [0.717, 1.165) is 6.08 Å². The number of carbonyl (C=O) groups is 2. The Balaban J connectivity index is 2.62. The van der Waals surface area contributed by atoms with Gasteiger partial charge in [-0.25, -0.2) is 4.79 Å². The van der Waals surface area contributed by atoms with E-state index in [9.17, 15) is 22.6 Å². The number of ether oxygens (including phenoxy) is 1. The van der Waals surface area contributed by atoms with Crippen molar-refractivity contribution in [1.82, 2.24) is 0 Å². The molecule has 0 aliphatic carbocycles. The third-order valence-electron chi connectivity index (χ3n) is 3.18. The molecule has 1 atom stereocenters. The van der Waals surface area contributed by atoms with E-state index in [1.165, 1.54) is 6.08 Å². The molecule has 1 N–H and O–H groups in total. The molecule has 1 saturated heterocycles. The van der Waals surface area contributed by atoms with Crippen LogP contribution in [-0.2, 0) is 24.4 Å². The standard InChI is InChI=1S/C16H16O6S/c1-10(2)8-12-14(16(18)22-15(12)17)13(23(19,20)21)9-11-6-4-3-5-7-11/h3-10,14H,1-2H3,(H,19,20,21). The minimum Gasteiger partial charge on any atom is -0.389 e. The SMILES string of the molecule is CC(C)C=C1C(=O)OC(=O)C1C(=Cc1ccccc1)S(=O)(=O)O. The summed E-state index contributed by atoms with van der Waals surface area (Å²) in [5.41, 5.74) is 0.390. The first kappa shape index (κ1) is 17.1. The Kier molecular flexibility index (Phi) is 4.82. The molecule has 1 heterocycles. The predicted octanol–water partition coefficient (Wildman–Crippen LogP) is 2.20. The number of benzene rings is 1. The molecule has 1 aliphatic heterocycles. The average Bonchev–Trinajstić information content (AvgIpc) is 2.70. The summed E-state index contributed by atoms with van der Waals surface area (Å²) in [6.07, 6.45) is 2.62.